The molecule has 0 bridgehead atoms. The third kappa shape index (κ3) is 4.18. The maximum Gasteiger partial charge on any atom is 0.276 e. The minimum atomic E-state index is -3.72. The molecule has 0 amide bonds. The first-order valence-electron chi connectivity index (χ1n) is 8.33. The van der Waals surface area contributed by atoms with Crippen molar-refractivity contribution in [2.24, 2.45) is 5.10 Å². The summed E-state index contributed by atoms with van der Waals surface area (Å²) in [6.07, 6.45) is 0. The second-order valence-corrected chi connectivity index (χ2v) is 7.56. The van der Waals surface area contributed by atoms with Crippen molar-refractivity contribution in [1.29, 1.82) is 0 Å². The van der Waals surface area contributed by atoms with Crippen molar-refractivity contribution in [2.75, 3.05) is 0 Å². The summed E-state index contributed by atoms with van der Waals surface area (Å²) in [4.78, 5) is 2.57. The number of nitrogens with zero attached hydrogens (tertiary/aromatic N) is 1. The van der Waals surface area contributed by atoms with E-state index >= 15 is 0 Å². The molecule has 0 aliphatic rings. The van der Waals surface area contributed by atoms with Crippen molar-refractivity contribution < 1.29 is 8.42 Å². The van der Waals surface area contributed by atoms with Gasteiger partial charge in [-0.25, -0.2) is 0 Å². The van der Waals surface area contributed by atoms with Crippen molar-refractivity contribution in [2.45, 2.75) is 17.7 Å². The number of sulfonamides is 1. The topological polar surface area (TPSA) is 58.5 Å². The quantitative estimate of drug-likeness (QED) is 0.527. The molecular formula is C21H20N2O2S. The normalized spacial score (nSPS) is 13.2. The lowest BCUT2D eigenvalue weighted by Crippen LogP contribution is -2.22. The monoisotopic (exact) mass is 364 g/mol. The third-order valence-corrected chi connectivity index (χ3v) is 5.34. The number of rotatable bonds is 6. The zero-order valence-corrected chi connectivity index (χ0v) is 15.2. The Bertz CT molecular complexity index is 970. The summed E-state index contributed by atoms with van der Waals surface area (Å²) in [5.41, 5.74) is 2.60. The Morgan fingerprint density at radius 1 is 0.808 bits per heavy atom. The predicted octanol–water partition coefficient (Wildman–Crippen LogP) is 4.17. The fourth-order valence-corrected chi connectivity index (χ4v) is 3.52. The molecule has 3 aromatic carbocycles. The lowest BCUT2D eigenvalue weighted by atomic mass is 9.92. The van der Waals surface area contributed by atoms with Crippen LogP contribution in [0.3, 0.4) is 0 Å². The van der Waals surface area contributed by atoms with E-state index in [-0.39, 0.29) is 10.8 Å². The molecule has 1 atom stereocenters. The highest BCUT2D eigenvalue weighted by atomic mass is 32.2. The summed E-state index contributed by atoms with van der Waals surface area (Å²) >= 11 is 0. The molecule has 0 aliphatic heterocycles. The molecule has 0 saturated heterocycles. The Morgan fingerprint density at radius 2 is 1.31 bits per heavy atom. The van der Waals surface area contributed by atoms with E-state index in [0.29, 0.717) is 5.71 Å². The zero-order valence-electron chi connectivity index (χ0n) is 14.4. The van der Waals surface area contributed by atoms with Crippen LogP contribution in [0.4, 0.5) is 0 Å². The molecule has 0 saturated carbocycles. The van der Waals surface area contributed by atoms with Gasteiger partial charge in [-0.05, 0) is 23.3 Å². The van der Waals surface area contributed by atoms with Gasteiger partial charge in [-0.2, -0.15) is 18.4 Å². The molecule has 0 spiro atoms. The zero-order chi connectivity index (χ0) is 18.4. The van der Waals surface area contributed by atoms with Gasteiger partial charge in [0.2, 0.25) is 0 Å². The van der Waals surface area contributed by atoms with Crippen LogP contribution < -0.4 is 4.83 Å². The summed E-state index contributed by atoms with van der Waals surface area (Å²) in [5.74, 6) is -0.0722. The molecule has 0 aliphatic carbocycles. The maximum absolute atomic E-state index is 12.5. The fraction of sp³-hybridized carbons (Fsp3) is 0.0952. The van der Waals surface area contributed by atoms with E-state index in [2.05, 4.69) is 9.93 Å². The Hall–Kier alpha value is -2.92. The third-order valence-electron chi connectivity index (χ3n) is 4.12. The Labute approximate surface area is 154 Å². The molecule has 0 aromatic heterocycles. The minimum Gasteiger partial charge on any atom is -0.200 e. The highest BCUT2D eigenvalue weighted by molar-refractivity contribution is 7.89. The van der Waals surface area contributed by atoms with Crippen molar-refractivity contribution in [3.8, 4) is 0 Å². The Balaban J connectivity index is 1.97. The first kappa shape index (κ1) is 17.9. The molecule has 0 heterocycles. The number of hydrazone groups is 1. The Morgan fingerprint density at radius 3 is 1.88 bits per heavy atom. The highest BCUT2D eigenvalue weighted by Crippen LogP contribution is 2.21. The SMILES string of the molecule is C[C@H](/C(=N\NS(=O)(=O)c1ccccc1)c1ccccc1)c1ccccc1. The van der Waals surface area contributed by atoms with Gasteiger partial charge in [0.1, 0.15) is 0 Å². The van der Waals surface area contributed by atoms with Crippen molar-refractivity contribution in [3.05, 3.63) is 102 Å². The van der Waals surface area contributed by atoms with Gasteiger partial charge in [0, 0.05) is 5.92 Å². The Kier molecular flexibility index (Phi) is 5.49. The van der Waals surface area contributed by atoms with Gasteiger partial charge in [-0.1, -0.05) is 85.8 Å². The van der Waals surface area contributed by atoms with Gasteiger partial charge in [0.25, 0.3) is 10.0 Å². The summed E-state index contributed by atoms with van der Waals surface area (Å²) in [6, 6.07) is 27.7. The molecule has 3 rings (SSSR count). The molecule has 0 fully saturated rings. The average Bonchev–Trinajstić information content (AvgIpc) is 2.70. The van der Waals surface area contributed by atoms with Crippen LogP contribution in [0, 0.1) is 0 Å². The first-order valence-corrected chi connectivity index (χ1v) is 9.81. The standard InChI is InChI=1S/C21H20N2O2S/c1-17(18-11-5-2-6-12-18)21(19-13-7-3-8-14-19)22-23-26(24,25)20-15-9-4-10-16-20/h2-17,23H,1H3/b22-21+/t17-/m0/s1. The van der Waals surface area contributed by atoms with Crippen molar-refractivity contribution in [1.82, 2.24) is 4.83 Å². The number of nitrogens with one attached hydrogen (secondary N) is 1. The molecule has 4 nitrogen and oxygen atoms in total. The largest absolute Gasteiger partial charge is 0.276 e. The molecule has 3 aromatic rings. The molecular weight excluding hydrogens is 344 g/mol. The fourth-order valence-electron chi connectivity index (χ4n) is 2.68. The van der Waals surface area contributed by atoms with E-state index in [4.69, 9.17) is 0 Å². The number of hydrogen-bond acceptors (Lipinski definition) is 3. The van der Waals surface area contributed by atoms with E-state index in [0.717, 1.165) is 11.1 Å². The van der Waals surface area contributed by atoms with Gasteiger partial charge < -0.3 is 0 Å². The van der Waals surface area contributed by atoms with Crippen LogP contribution in [0.2, 0.25) is 0 Å². The molecule has 5 heteroatoms. The van der Waals surface area contributed by atoms with Crippen molar-refractivity contribution in [3.63, 3.8) is 0 Å². The summed E-state index contributed by atoms with van der Waals surface area (Å²) in [5, 5.41) is 4.30. The van der Waals surface area contributed by atoms with Crippen LogP contribution in [0.25, 0.3) is 0 Å². The van der Waals surface area contributed by atoms with E-state index in [9.17, 15) is 8.42 Å². The van der Waals surface area contributed by atoms with Gasteiger partial charge in [-0.15, -0.1) is 0 Å². The second kappa shape index (κ2) is 7.97. The van der Waals surface area contributed by atoms with Crippen LogP contribution in [-0.2, 0) is 10.0 Å². The van der Waals surface area contributed by atoms with Crippen LogP contribution in [0.5, 0.6) is 0 Å². The predicted molar refractivity (Wildman–Crippen MR) is 105 cm³/mol. The van der Waals surface area contributed by atoms with Gasteiger partial charge in [-0.3, -0.25) is 0 Å². The lowest BCUT2D eigenvalue weighted by Gasteiger charge is -2.16. The molecule has 0 radical (unpaired) electrons. The van der Waals surface area contributed by atoms with Crippen LogP contribution in [-0.4, -0.2) is 14.1 Å². The van der Waals surface area contributed by atoms with E-state index in [1.807, 2.05) is 67.6 Å². The van der Waals surface area contributed by atoms with Gasteiger partial charge in [0.15, 0.2) is 0 Å². The molecule has 1 N–H and O–H groups in total. The number of benzene rings is 3. The highest BCUT2D eigenvalue weighted by Gasteiger charge is 2.18. The van der Waals surface area contributed by atoms with Crippen molar-refractivity contribution >= 4 is 15.7 Å². The van der Waals surface area contributed by atoms with E-state index in [1.165, 1.54) is 0 Å². The van der Waals surface area contributed by atoms with Crippen LogP contribution >= 0.6 is 0 Å². The second-order valence-electron chi connectivity index (χ2n) is 5.90. The van der Waals surface area contributed by atoms with E-state index in [1.54, 1.807) is 30.3 Å². The summed E-state index contributed by atoms with van der Waals surface area (Å²) in [6.45, 7) is 2.01. The molecule has 132 valence electrons. The molecule has 26 heavy (non-hydrogen) atoms. The van der Waals surface area contributed by atoms with Crippen LogP contribution in [0.15, 0.2) is 101 Å². The first-order chi connectivity index (χ1) is 12.6. The maximum atomic E-state index is 12.5. The summed E-state index contributed by atoms with van der Waals surface area (Å²) in [7, 11) is -3.72. The molecule has 0 unspecified atom stereocenters. The minimum absolute atomic E-state index is 0.0722. The van der Waals surface area contributed by atoms with E-state index < -0.39 is 10.0 Å². The van der Waals surface area contributed by atoms with Gasteiger partial charge in [0.05, 0.1) is 10.6 Å². The average molecular weight is 364 g/mol. The van der Waals surface area contributed by atoms with Gasteiger partial charge >= 0.3 is 0 Å². The smallest absolute Gasteiger partial charge is 0.200 e. The van der Waals surface area contributed by atoms with Crippen LogP contribution in [0.1, 0.15) is 24.0 Å². The lowest BCUT2D eigenvalue weighted by molar-refractivity contribution is 0.584. The summed E-state index contributed by atoms with van der Waals surface area (Å²) < 4.78 is 25.0. The number of hydrogen-bond donors (Lipinski definition) is 1.